The van der Waals surface area contributed by atoms with Crippen molar-refractivity contribution in [3.05, 3.63) is 29.3 Å². The summed E-state index contributed by atoms with van der Waals surface area (Å²) in [6, 6.07) is 6.18. The molecule has 2 unspecified atom stereocenters. The minimum Gasteiger partial charge on any atom is -0.493 e. The van der Waals surface area contributed by atoms with Gasteiger partial charge < -0.3 is 9.47 Å². The zero-order valence-corrected chi connectivity index (χ0v) is 10.4. The molecule has 1 aromatic rings. The Morgan fingerprint density at radius 3 is 3.00 bits per heavy atom. The van der Waals surface area contributed by atoms with Gasteiger partial charge in [0, 0.05) is 19.1 Å². The molecule has 94 valence electrons. The molecule has 0 bridgehead atoms. The van der Waals surface area contributed by atoms with Crippen LogP contribution in [0.25, 0.3) is 0 Å². The van der Waals surface area contributed by atoms with Crippen LogP contribution < -0.4 is 16.0 Å². The zero-order chi connectivity index (χ0) is 12.3. The first-order valence-electron chi connectivity index (χ1n) is 6.05. The molecule has 17 heavy (non-hydrogen) atoms. The first kappa shape index (κ1) is 12.4. The summed E-state index contributed by atoms with van der Waals surface area (Å²) >= 11 is 0. The molecule has 4 heteroatoms. The van der Waals surface area contributed by atoms with Gasteiger partial charge in [0.2, 0.25) is 0 Å². The Hall–Kier alpha value is -1.10. The minimum absolute atomic E-state index is 0.0296. The molecule has 1 aliphatic heterocycles. The second-order valence-corrected chi connectivity index (χ2v) is 4.26. The van der Waals surface area contributed by atoms with Gasteiger partial charge in [-0.1, -0.05) is 25.1 Å². The van der Waals surface area contributed by atoms with E-state index in [1.165, 1.54) is 5.56 Å². The van der Waals surface area contributed by atoms with Crippen molar-refractivity contribution in [3.8, 4) is 5.75 Å². The second kappa shape index (κ2) is 5.49. The fraction of sp³-hybridized carbons (Fsp3) is 0.538. The highest BCUT2D eigenvalue weighted by molar-refractivity contribution is 5.46. The van der Waals surface area contributed by atoms with Crippen molar-refractivity contribution in [1.29, 1.82) is 0 Å². The predicted molar refractivity (Wildman–Crippen MR) is 66.8 cm³/mol. The lowest BCUT2D eigenvalue weighted by molar-refractivity contribution is 0.0642. The lowest BCUT2D eigenvalue weighted by atomic mass is 9.97. The molecule has 2 rings (SSSR count). The van der Waals surface area contributed by atoms with Gasteiger partial charge in [-0.2, -0.15) is 0 Å². The SMILES string of the molecule is CCC(OC)C(NN)c1cccc2c1OCC2. The summed E-state index contributed by atoms with van der Waals surface area (Å²) in [6.45, 7) is 2.84. The maximum atomic E-state index is 5.70. The van der Waals surface area contributed by atoms with Crippen molar-refractivity contribution in [3.63, 3.8) is 0 Å². The Balaban J connectivity index is 2.34. The number of hydrogen-bond donors (Lipinski definition) is 2. The average Bonchev–Trinajstić information content (AvgIpc) is 2.84. The van der Waals surface area contributed by atoms with Crippen LogP contribution in [0.5, 0.6) is 5.75 Å². The maximum Gasteiger partial charge on any atom is 0.127 e. The van der Waals surface area contributed by atoms with Gasteiger partial charge in [0.15, 0.2) is 0 Å². The largest absolute Gasteiger partial charge is 0.493 e. The van der Waals surface area contributed by atoms with E-state index < -0.39 is 0 Å². The third-order valence-corrected chi connectivity index (χ3v) is 3.34. The number of ether oxygens (including phenoxy) is 2. The molecule has 0 aromatic heterocycles. The fourth-order valence-electron chi connectivity index (χ4n) is 2.42. The van der Waals surface area contributed by atoms with Crippen LogP contribution >= 0.6 is 0 Å². The Morgan fingerprint density at radius 1 is 1.53 bits per heavy atom. The molecule has 1 heterocycles. The normalized spacial score (nSPS) is 17.4. The summed E-state index contributed by atoms with van der Waals surface area (Å²) in [7, 11) is 1.71. The quantitative estimate of drug-likeness (QED) is 0.601. The van der Waals surface area contributed by atoms with Gasteiger partial charge in [-0.05, 0) is 12.0 Å². The first-order chi connectivity index (χ1) is 8.31. The Labute approximate surface area is 102 Å². The number of fused-ring (bicyclic) bond motifs is 1. The van der Waals surface area contributed by atoms with Gasteiger partial charge in [0.05, 0.1) is 18.8 Å². The van der Waals surface area contributed by atoms with Gasteiger partial charge in [-0.15, -0.1) is 0 Å². The number of nitrogens with one attached hydrogen (secondary N) is 1. The van der Waals surface area contributed by atoms with E-state index >= 15 is 0 Å². The average molecular weight is 236 g/mol. The van der Waals surface area contributed by atoms with Crippen LogP contribution in [0.1, 0.15) is 30.5 Å². The molecule has 2 atom stereocenters. The monoisotopic (exact) mass is 236 g/mol. The Kier molecular flexibility index (Phi) is 3.99. The summed E-state index contributed by atoms with van der Waals surface area (Å²) in [6.07, 6.45) is 1.93. The molecule has 0 aliphatic carbocycles. The number of nitrogens with two attached hydrogens (primary N) is 1. The van der Waals surface area contributed by atoms with Crippen LogP contribution in [0, 0.1) is 0 Å². The van der Waals surface area contributed by atoms with E-state index in [2.05, 4.69) is 30.5 Å². The van der Waals surface area contributed by atoms with Crippen molar-refractivity contribution in [2.24, 2.45) is 5.84 Å². The Morgan fingerprint density at radius 2 is 2.35 bits per heavy atom. The van der Waals surface area contributed by atoms with E-state index in [0.29, 0.717) is 0 Å². The molecule has 0 radical (unpaired) electrons. The second-order valence-electron chi connectivity index (χ2n) is 4.26. The molecule has 1 aliphatic rings. The van der Waals surface area contributed by atoms with E-state index in [1.807, 2.05) is 0 Å². The number of hydrazine groups is 1. The van der Waals surface area contributed by atoms with Crippen LogP contribution in [-0.4, -0.2) is 19.8 Å². The van der Waals surface area contributed by atoms with Gasteiger partial charge in [-0.25, -0.2) is 0 Å². The van der Waals surface area contributed by atoms with E-state index in [-0.39, 0.29) is 12.1 Å². The molecule has 0 amide bonds. The van der Waals surface area contributed by atoms with Crippen LogP contribution in [0.15, 0.2) is 18.2 Å². The van der Waals surface area contributed by atoms with E-state index in [9.17, 15) is 0 Å². The van der Waals surface area contributed by atoms with Crippen molar-refractivity contribution >= 4 is 0 Å². The number of para-hydroxylation sites is 1. The maximum absolute atomic E-state index is 5.70. The van der Waals surface area contributed by atoms with Crippen LogP contribution in [0.3, 0.4) is 0 Å². The summed E-state index contributed by atoms with van der Waals surface area (Å²) in [4.78, 5) is 0. The van der Waals surface area contributed by atoms with Crippen molar-refractivity contribution in [2.75, 3.05) is 13.7 Å². The first-order valence-corrected chi connectivity index (χ1v) is 6.05. The third kappa shape index (κ3) is 2.29. The van der Waals surface area contributed by atoms with Gasteiger partial charge >= 0.3 is 0 Å². The molecule has 0 saturated heterocycles. The van der Waals surface area contributed by atoms with Gasteiger partial charge in [0.1, 0.15) is 5.75 Å². The molecule has 1 aromatic carbocycles. The number of methoxy groups -OCH3 is 1. The van der Waals surface area contributed by atoms with Crippen molar-refractivity contribution in [1.82, 2.24) is 5.43 Å². The minimum atomic E-state index is -0.0296. The highest BCUT2D eigenvalue weighted by atomic mass is 16.5. The molecular weight excluding hydrogens is 216 g/mol. The molecule has 4 nitrogen and oxygen atoms in total. The van der Waals surface area contributed by atoms with Crippen LogP contribution in [0.4, 0.5) is 0 Å². The molecule has 3 N–H and O–H groups in total. The third-order valence-electron chi connectivity index (χ3n) is 3.34. The van der Waals surface area contributed by atoms with Crippen molar-refractivity contribution in [2.45, 2.75) is 31.9 Å². The van der Waals surface area contributed by atoms with Gasteiger partial charge in [-0.3, -0.25) is 11.3 Å². The lowest BCUT2D eigenvalue weighted by Gasteiger charge is -2.26. The zero-order valence-electron chi connectivity index (χ0n) is 10.4. The number of benzene rings is 1. The van der Waals surface area contributed by atoms with Crippen LogP contribution in [-0.2, 0) is 11.2 Å². The standard InChI is InChI=1S/C13H20N2O2/c1-3-11(16-2)12(15-14)10-6-4-5-9-7-8-17-13(9)10/h4-6,11-12,15H,3,7-8,14H2,1-2H3. The summed E-state index contributed by atoms with van der Waals surface area (Å²) < 4.78 is 11.2. The molecule has 0 spiro atoms. The number of rotatable bonds is 5. The molecule has 0 saturated carbocycles. The topological polar surface area (TPSA) is 56.5 Å². The van der Waals surface area contributed by atoms with E-state index in [4.69, 9.17) is 15.3 Å². The fourth-order valence-corrected chi connectivity index (χ4v) is 2.42. The predicted octanol–water partition coefficient (Wildman–Crippen LogP) is 1.55. The highest BCUT2D eigenvalue weighted by Gasteiger charge is 2.26. The van der Waals surface area contributed by atoms with Crippen molar-refractivity contribution < 1.29 is 9.47 Å². The summed E-state index contributed by atoms with van der Waals surface area (Å²) in [5, 5.41) is 0. The Bertz CT molecular complexity index is 378. The smallest absolute Gasteiger partial charge is 0.127 e. The molecule has 0 fully saturated rings. The summed E-state index contributed by atoms with van der Waals surface area (Å²) in [5.74, 6) is 6.64. The summed E-state index contributed by atoms with van der Waals surface area (Å²) in [5.41, 5.74) is 5.20. The van der Waals surface area contributed by atoms with Crippen LogP contribution in [0.2, 0.25) is 0 Å². The molecular formula is C13H20N2O2. The number of hydrogen-bond acceptors (Lipinski definition) is 4. The van der Waals surface area contributed by atoms with E-state index in [0.717, 1.165) is 30.8 Å². The lowest BCUT2D eigenvalue weighted by Crippen LogP contribution is -2.37. The highest BCUT2D eigenvalue weighted by Crippen LogP contribution is 2.35. The van der Waals surface area contributed by atoms with E-state index in [1.54, 1.807) is 7.11 Å². The van der Waals surface area contributed by atoms with Gasteiger partial charge in [0.25, 0.3) is 0 Å².